The lowest BCUT2D eigenvalue weighted by Crippen LogP contribution is -2.19. The number of nitrogens with zero attached hydrogens (tertiary/aromatic N) is 3. The van der Waals surface area contributed by atoms with E-state index in [2.05, 4.69) is 27.6 Å². The fourth-order valence-electron chi connectivity index (χ4n) is 2.05. The Morgan fingerprint density at radius 1 is 1.28 bits per heavy atom. The van der Waals surface area contributed by atoms with Crippen LogP contribution in [-0.2, 0) is 4.79 Å². The lowest BCUT2D eigenvalue weighted by atomic mass is 10.1. The molecule has 1 amide bonds. The molecule has 0 saturated carbocycles. The van der Waals surface area contributed by atoms with Gasteiger partial charge in [0.1, 0.15) is 11.0 Å². The molecule has 3 rings (SSSR count). The van der Waals surface area contributed by atoms with Crippen molar-refractivity contribution in [2.75, 3.05) is 11.1 Å². The summed E-state index contributed by atoms with van der Waals surface area (Å²) in [6, 6.07) is 11.3. The largest absolute Gasteiger partial charge is 0.360 e. The molecular weight excluding hydrogens is 376 g/mol. The highest BCUT2D eigenvalue weighted by Gasteiger charge is 2.25. The highest BCUT2D eigenvalue weighted by Crippen LogP contribution is 2.39. The van der Waals surface area contributed by atoms with Gasteiger partial charge in [-0.2, -0.15) is 0 Å². The average Bonchev–Trinajstić information content (AvgIpc) is 3.22. The maximum atomic E-state index is 12.8. The Hall–Kier alpha value is -1.84. The third kappa shape index (κ3) is 4.83. The lowest BCUT2D eigenvalue weighted by molar-refractivity contribution is -0.115. The molecule has 0 fully saturated rings. The molecule has 1 atom stereocenters. The number of carbonyl (C=O) groups is 1. The van der Waals surface area contributed by atoms with E-state index in [1.165, 1.54) is 23.1 Å². The first kappa shape index (κ1) is 18.0. The van der Waals surface area contributed by atoms with E-state index in [-0.39, 0.29) is 5.91 Å². The molecule has 0 spiro atoms. The number of nitrogens with one attached hydrogen (secondary N) is 1. The molecule has 6 nitrogen and oxygen atoms in total. The first-order chi connectivity index (χ1) is 12.2. The average molecular weight is 393 g/mol. The molecule has 25 heavy (non-hydrogen) atoms. The summed E-state index contributed by atoms with van der Waals surface area (Å²) < 4.78 is 6.67. The molecule has 0 aliphatic heterocycles. The fourth-order valence-corrected chi connectivity index (χ4v) is 5.15. The van der Waals surface area contributed by atoms with Crippen molar-refractivity contribution in [3.05, 3.63) is 47.7 Å². The fraction of sp³-hybridized carbons (Fsp3) is 0.250. The second-order valence-electron chi connectivity index (χ2n) is 4.99. The Morgan fingerprint density at radius 3 is 2.72 bits per heavy atom. The molecule has 0 aliphatic rings. The number of hydrogen-bond acceptors (Lipinski definition) is 8. The number of aryl methyl sites for hydroxylation is 1. The lowest BCUT2D eigenvalue weighted by Gasteiger charge is -2.14. The van der Waals surface area contributed by atoms with E-state index in [1.807, 2.05) is 30.3 Å². The van der Waals surface area contributed by atoms with E-state index in [4.69, 9.17) is 4.52 Å². The zero-order chi connectivity index (χ0) is 17.6. The zero-order valence-electron chi connectivity index (χ0n) is 13.6. The molecular formula is C16H16N4O2S3. The van der Waals surface area contributed by atoms with E-state index < -0.39 is 5.25 Å². The van der Waals surface area contributed by atoms with Crippen LogP contribution in [0, 0.1) is 6.92 Å². The number of thioether (sulfide) groups is 2. The van der Waals surface area contributed by atoms with Gasteiger partial charge in [0.25, 0.3) is 0 Å². The second-order valence-corrected chi connectivity index (χ2v) is 8.83. The van der Waals surface area contributed by atoms with Gasteiger partial charge in [-0.15, -0.1) is 10.2 Å². The third-order valence-corrected chi connectivity index (χ3v) is 6.37. The molecule has 0 bridgehead atoms. The topological polar surface area (TPSA) is 80.9 Å². The van der Waals surface area contributed by atoms with Crippen molar-refractivity contribution in [1.82, 2.24) is 15.4 Å². The van der Waals surface area contributed by atoms with E-state index >= 15 is 0 Å². The van der Waals surface area contributed by atoms with Gasteiger partial charge in [-0.05, 0) is 18.2 Å². The predicted octanol–water partition coefficient (Wildman–Crippen LogP) is 4.42. The maximum absolute atomic E-state index is 12.8. The van der Waals surface area contributed by atoms with Crippen LogP contribution in [0.15, 0.2) is 49.6 Å². The van der Waals surface area contributed by atoms with E-state index in [1.54, 1.807) is 24.8 Å². The summed E-state index contributed by atoms with van der Waals surface area (Å²) in [6.07, 6.45) is 0. The smallest absolute Gasteiger partial charge is 0.243 e. The summed E-state index contributed by atoms with van der Waals surface area (Å²) in [7, 11) is 0. The van der Waals surface area contributed by atoms with Gasteiger partial charge in [0.15, 0.2) is 14.5 Å². The van der Waals surface area contributed by atoms with Crippen LogP contribution in [0.25, 0.3) is 0 Å². The number of carbonyl (C=O) groups excluding carboxylic acids is 1. The minimum Gasteiger partial charge on any atom is -0.360 e. The Balaban J connectivity index is 1.80. The highest BCUT2D eigenvalue weighted by molar-refractivity contribution is 8.03. The summed E-state index contributed by atoms with van der Waals surface area (Å²) in [5.74, 6) is 1.81. The monoisotopic (exact) mass is 392 g/mol. The predicted molar refractivity (Wildman–Crippen MR) is 101 cm³/mol. The van der Waals surface area contributed by atoms with Crippen LogP contribution in [0.2, 0.25) is 0 Å². The van der Waals surface area contributed by atoms with Crippen molar-refractivity contribution in [3.8, 4) is 0 Å². The number of anilines is 1. The minimum atomic E-state index is -0.453. The quantitative estimate of drug-likeness (QED) is 0.596. The van der Waals surface area contributed by atoms with Crippen molar-refractivity contribution in [1.29, 1.82) is 0 Å². The standard InChI is InChI=1S/C16H16N4O2S3/c1-3-23-15-18-19-16(25-15)24-13(11-7-5-4-6-8-11)14(21)17-12-9-10(2)22-20-12/h4-9,13H,3H2,1-2H3,(H,17,20,21). The first-order valence-corrected chi connectivity index (χ1v) is 10.3. The molecule has 3 aromatic rings. The van der Waals surface area contributed by atoms with Gasteiger partial charge in [0.05, 0.1) is 0 Å². The Morgan fingerprint density at radius 2 is 2.04 bits per heavy atom. The molecule has 2 heterocycles. The third-order valence-electron chi connectivity index (χ3n) is 3.09. The van der Waals surface area contributed by atoms with Crippen molar-refractivity contribution in [2.24, 2.45) is 0 Å². The van der Waals surface area contributed by atoms with Crippen LogP contribution in [0.1, 0.15) is 23.5 Å². The summed E-state index contributed by atoms with van der Waals surface area (Å²) in [4.78, 5) is 12.8. The van der Waals surface area contributed by atoms with Gasteiger partial charge in [-0.25, -0.2) is 0 Å². The Labute approximate surface area is 157 Å². The molecule has 0 saturated heterocycles. The maximum Gasteiger partial charge on any atom is 0.243 e. The van der Waals surface area contributed by atoms with Gasteiger partial charge in [-0.1, -0.05) is 77.3 Å². The van der Waals surface area contributed by atoms with Crippen molar-refractivity contribution in [3.63, 3.8) is 0 Å². The van der Waals surface area contributed by atoms with E-state index in [9.17, 15) is 4.79 Å². The number of aromatic nitrogens is 3. The van der Waals surface area contributed by atoms with Crippen LogP contribution in [0.3, 0.4) is 0 Å². The molecule has 130 valence electrons. The molecule has 2 aromatic heterocycles. The van der Waals surface area contributed by atoms with Crippen LogP contribution >= 0.6 is 34.9 Å². The normalized spacial score (nSPS) is 12.1. The van der Waals surface area contributed by atoms with Gasteiger partial charge in [0.2, 0.25) is 5.91 Å². The number of rotatable bonds is 7. The summed E-state index contributed by atoms with van der Waals surface area (Å²) in [5.41, 5.74) is 0.894. The highest BCUT2D eigenvalue weighted by atomic mass is 32.2. The molecule has 0 aliphatic carbocycles. The van der Waals surface area contributed by atoms with Crippen molar-refractivity contribution >= 4 is 46.6 Å². The van der Waals surface area contributed by atoms with Crippen LogP contribution in [0.5, 0.6) is 0 Å². The SMILES string of the molecule is CCSc1nnc(SC(C(=O)Nc2cc(C)on2)c2ccccc2)s1. The Kier molecular flexibility index (Phi) is 6.11. The van der Waals surface area contributed by atoms with Crippen LogP contribution in [-0.4, -0.2) is 27.0 Å². The number of hydrogen-bond donors (Lipinski definition) is 1. The molecule has 1 aromatic carbocycles. The van der Waals surface area contributed by atoms with E-state index in [0.717, 1.165) is 20.0 Å². The van der Waals surface area contributed by atoms with Gasteiger partial charge < -0.3 is 9.84 Å². The van der Waals surface area contributed by atoms with Crippen molar-refractivity contribution in [2.45, 2.75) is 27.8 Å². The van der Waals surface area contributed by atoms with Crippen LogP contribution in [0.4, 0.5) is 5.82 Å². The number of amides is 1. The second kappa shape index (κ2) is 8.50. The molecule has 1 unspecified atom stereocenters. The summed E-state index contributed by atoms with van der Waals surface area (Å²) in [5, 5.41) is 14.5. The van der Waals surface area contributed by atoms with Gasteiger partial charge in [-0.3, -0.25) is 4.79 Å². The number of benzene rings is 1. The van der Waals surface area contributed by atoms with Crippen molar-refractivity contribution < 1.29 is 9.32 Å². The Bertz CT molecular complexity index is 835. The van der Waals surface area contributed by atoms with Gasteiger partial charge in [0, 0.05) is 6.07 Å². The minimum absolute atomic E-state index is 0.176. The van der Waals surface area contributed by atoms with Gasteiger partial charge >= 0.3 is 0 Å². The molecule has 9 heteroatoms. The van der Waals surface area contributed by atoms with E-state index in [0.29, 0.717) is 11.6 Å². The molecule has 1 N–H and O–H groups in total. The summed E-state index contributed by atoms with van der Waals surface area (Å²) >= 11 is 4.52. The summed E-state index contributed by atoms with van der Waals surface area (Å²) in [6.45, 7) is 3.85. The zero-order valence-corrected chi connectivity index (χ0v) is 16.1. The van der Waals surface area contributed by atoms with Crippen LogP contribution < -0.4 is 5.32 Å². The molecule has 0 radical (unpaired) electrons. The first-order valence-electron chi connectivity index (χ1n) is 7.58.